The highest BCUT2D eigenvalue weighted by Crippen LogP contribution is 2.31. The van der Waals surface area contributed by atoms with Crippen molar-refractivity contribution in [3.05, 3.63) is 5.51 Å². The maximum atomic E-state index is 4.14. The fourth-order valence-electron chi connectivity index (χ4n) is 2.82. The molecule has 0 aliphatic carbocycles. The van der Waals surface area contributed by atoms with Crippen molar-refractivity contribution in [2.45, 2.75) is 43.8 Å². The van der Waals surface area contributed by atoms with Crippen molar-refractivity contribution in [1.82, 2.24) is 15.5 Å². The Hall–Kier alpha value is -0.680. The molecule has 0 spiro atoms. The summed E-state index contributed by atoms with van der Waals surface area (Å²) in [4.78, 5) is 2.31. The van der Waals surface area contributed by atoms with Gasteiger partial charge in [0.25, 0.3) is 0 Å². The van der Waals surface area contributed by atoms with Crippen LogP contribution in [0.25, 0.3) is 0 Å². The van der Waals surface area contributed by atoms with Crippen molar-refractivity contribution in [3.63, 3.8) is 0 Å². The Labute approximate surface area is 93.7 Å². The van der Waals surface area contributed by atoms with E-state index in [4.69, 9.17) is 0 Å². The van der Waals surface area contributed by atoms with E-state index in [2.05, 4.69) is 27.5 Å². The van der Waals surface area contributed by atoms with E-state index in [-0.39, 0.29) is 0 Å². The molecular formula is C10H16N4S. The fraction of sp³-hybridized carbons (Fsp3) is 0.800. The highest BCUT2D eigenvalue weighted by molar-refractivity contribution is 7.13. The zero-order valence-electron chi connectivity index (χ0n) is 8.89. The van der Waals surface area contributed by atoms with E-state index in [0.29, 0.717) is 6.04 Å². The van der Waals surface area contributed by atoms with Gasteiger partial charge in [0.2, 0.25) is 5.13 Å². The fourth-order valence-corrected chi connectivity index (χ4v) is 3.42. The number of hydrogen-bond acceptors (Lipinski definition) is 5. The van der Waals surface area contributed by atoms with Crippen LogP contribution >= 0.6 is 11.3 Å². The van der Waals surface area contributed by atoms with Crippen LogP contribution in [0.4, 0.5) is 5.13 Å². The lowest BCUT2D eigenvalue weighted by Crippen LogP contribution is -2.47. The molecule has 1 aromatic rings. The standard InChI is InChI=1S/C10H16N4S/c1-14(10-13-11-6-15-10)9-4-7-2-3-8(5-9)12-7/h6-9,12H,2-5H2,1H3. The van der Waals surface area contributed by atoms with Crippen LogP contribution in [-0.4, -0.2) is 35.4 Å². The van der Waals surface area contributed by atoms with Gasteiger partial charge in [-0.1, -0.05) is 11.3 Å². The average molecular weight is 224 g/mol. The van der Waals surface area contributed by atoms with Crippen LogP contribution in [0.2, 0.25) is 0 Å². The lowest BCUT2D eigenvalue weighted by atomic mass is 9.99. The molecular weight excluding hydrogens is 208 g/mol. The molecule has 2 fully saturated rings. The topological polar surface area (TPSA) is 41.1 Å². The molecule has 1 aromatic heterocycles. The third-order valence-electron chi connectivity index (χ3n) is 3.65. The summed E-state index contributed by atoms with van der Waals surface area (Å²) >= 11 is 1.63. The van der Waals surface area contributed by atoms with E-state index < -0.39 is 0 Å². The van der Waals surface area contributed by atoms with Gasteiger partial charge in [0.15, 0.2) is 0 Å². The number of fused-ring (bicyclic) bond motifs is 2. The van der Waals surface area contributed by atoms with E-state index in [9.17, 15) is 0 Å². The van der Waals surface area contributed by atoms with E-state index in [0.717, 1.165) is 17.2 Å². The minimum absolute atomic E-state index is 0.650. The number of rotatable bonds is 2. The van der Waals surface area contributed by atoms with E-state index in [1.54, 1.807) is 11.3 Å². The van der Waals surface area contributed by atoms with Gasteiger partial charge in [0.05, 0.1) is 0 Å². The van der Waals surface area contributed by atoms with Gasteiger partial charge in [-0.3, -0.25) is 0 Å². The lowest BCUT2D eigenvalue weighted by Gasteiger charge is -2.35. The zero-order valence-corrected chi connectivity index (χ0v) is 9.70. The number of piperidine rings is 1. The monoisotopic (exact) mass is 224 g/mol. The summed E-state index contributed by atoms with van der Waals surface area (Å²) < 4.78 is 0. The van der Waals surface area contributed by atoms with E-state index >= 15 is 0 Å². The van der Waals surface area contributed by atoms with Gasteiger partial charge in [-0.05, 0) is 25.7 Å². The first-order chi connectivity index (χ1) is 7.33. The third-order valence-corrected chi connectivity index (χ3v) is 4.43. The van der Waals surface area contributed by atoms with Crippen molar-refractivity contribution >= 4 is 16.5 Å². The zero-order chi connectivity index (χ0) is 10.3. The molecule has 0 saturated carbocycles. The first-order valence-electron chi connectivity index (χ1n) is 5.58. The second-order valence-corrected chi connectivity index (χ2v) is 5.41. The van der Waals surface area contributed by atoms with Gasteiger partial charge in [0.1, 0.15) is 5.51 Å². The Morgan fingerprint density at radius 1 is 1.40 bits per heavy atom. The average Bonchev–Trinajstić information content (AvgIpc) is 2.87. The molecule has 0 aromatic carbocycles. The van der Waals surface area contributed by atoms with Crippen molar-refractivity contribution < 1.29 is 0 Å². The SMILES string of the molecule is CN(c1nncs1)C1CC2CCC(C1)N2. The molecule has 3 rings (SSSR count). The minimum atomic E-state index is 0.650. The Morgan fingerprint density at radius 3 is 2.73 bits per heavy atom. The van der Waals surface area contributed by atoms with Crippen molar-refractivity contribution in [3.8, 4) is 0 Å². The van der Waals surface area contributed by atoms with Crippen molar-refractivity contribution in [2.24, 2.45) is 0 Å². The second kappa shape index (κ2) is 3.72. The highest BCUT2D eigenvalue weighted by atomic mass is 32.1. The number of nitrogens with zero attached hydrogens (tertiary/aromatic N) is 3. The van der Waals surface area contributed by atoms with Gasteiger partial charge < -0.3 is 10.2 Å². The van der Waals surface area contributed by atoms with Crippen LogP contribution in [0.1, 0.15) is 25.7 Å². The maximum absolute atomic E-state index is 4.14. The normalized spacial score (nSPS) is 34.3. The Bertz CT molecular complexity index is 314. The van der Waals surface area contributed by atoms with Gasteiger partial charge in [0, 0.05) is 25.2 Å². The molecule has 2 atom stereocenters. The smallest absolute Gasteiger partial charge is 0.208 e. The summed E-state index contributed by atoms with van der Waals surface area (Å²) in [5, 5.41) is 12.8. The Balaban J connectivity index is 1.72. The van der Waals surface area contributed by atoms with Crippen molar-refractivity contribution in [1.29, 1.82) is 0 Å². The summed E-state index contributed by atoms with van der Waals surface area (Å²) in [5.41, 5.74) is 1.81. The molecule has 4 nitrogen and oxygen atoms in total. The largest absolute Gasteiger partial charge is 0.347 e. The summed E-state index contributed by atoms with van der Waals surface area (Å²) in [6.45, 7) is 0. The molecule has 0 amide bonds. The molecule has 2 aliphatic rings. The Morgan fingerprint density at radius 2 is 2.13 bits per heavy atom. The number of hydrogen-bond donors (Lipinski definition) is 1. The molecule has 3 heterocycles. The maximum Gasteiger partial charge on any atom is 0.208 e. The van der Waals surface area contributed by atoms with Gasteiger partial charge >= 0.3 is 0 Å². The van der Waals surface area contributed by atoms with Gasteiger partial charge in [-0.25, -0.2) is 0 Å². The third kappa shape index (κ3) is 1.74. The molecule has 2 saturated heterocycles. The minimum Gasteiger partial charge on any atom is -0.347 e. The molecule has 15 heavy (non-hydrogen) atoms. The number of nitrogens with one attached hydrogen (secondary N) is 1. The van der Waals surface area contributed by atoms with Crippen molar-refractivity contribution in [2.75, 3.05) is 11.9 Å². The molecule has 5 heteroatoms. The number of anilines is 1. The summed E-state index contributed by atoms with van der Waals surface area (Å²) in [6, 6.07) is 2.13. The van der Waals surface area contributed by atoms with Gasteiger partial charge in [-0.2, -0.15) is 0 Å². The summed E-state index contributed by atoms with van der Waals surface area (Å²) in [5.74, 6) is 0. The van der Waals surface area contributed by atoms with E-state index in [1.165, 1.54) is 25.7 Å². The molecule has 2 bridgehead atoms. The van der Waals surface area contributed by atoms with Crippen LogP contribution in [0.15, 0.2) is 5.51 Å². The van der Waals surface area contributed by atoms with Crippen LogP contribution in [0, 0.1) is 0 Å². The molecule has 2 aliphatic heterocycles. The van der Waals surface area contributed by atoms with E-state index in [1.807, 2.05) is 5.51 Å². The van der Waals surface area contributed by atoms with Crippen LogP contribution in [0.3, 0.4) is 0 Å². The van der Waals surface area contributed by atoms with Gasteiger partial charge in [-0.15, -0.1) is 10.2 Å². The summed E-state index contributed by atoms with van der Waals surface area (Å²) in [7, 11) is 2.15. The molecule has 1 N–H and O–H groups in total. The number of aromatic nitrogens is 2. The first-order valence-corrected chi connectivity index (χ1v) is 6.46. The highest BCUT2D eigenvalue weighted by Gasteiger charge is 2.35. The summed E-state index contributed by atoms with van der Waals surface area (Å²) in [6.07, 6.45) is 5.22. The van der Waals surface area contributed by atoms with Crippen LogP contribution in [0.5, 0.6) is 0 Å². The molecule has 82 valence electrons. The first kappa shape index (κ1) is 9.54. The Kier molecular flexibility index (Phi) is 2.36. The second-order valence-electron chi connectivity index (χ2n) is 4.60. The van der Waals surface area contributed by atoms with Crippen LogP contribution in [-0.2, 0) is 0 Å². The molecule has 0 radical (unpaired) electrons. The molecule has 2 unspecified atom stereocenters. The van der Waals surface area contributed by atoms with Crippen LogP contribution < -0.4 is 10.2 Å². The predicted octanol–water partition coefficient (Wildman–Crippen LogP) is 1.26. The quantitative estimate of drug-likeness (QED) is 0.821. The predicted molar refractivity (Wildman–Crippen MR) is 61.3 cm³/mol. The lowest BCUT2D eigenvalue weighted by molar-refractivity contribution is 0.354.